The van der Waals surface area contributed by atoms with Crippen LogP contribution in [0, 0.1) is 18.3 Å². The summed E-state index contributed by atoms with van der Waals surface area (Å²) in [5.74, 6) is 0.0291. The predicted molar refractivity (Wildman–Crippen MR) is 269 cm³/mol. The molecule has 0 saturated carbocycles. The molecule has 4 aromatic rings. The van der Waals surface area contributed by atoms with Gasteiger partial charge in [-0.15, -0.1) is 0 Å². The smallest absolute Gasteiger partial charge is 0.412 e. The Morgan fingerprint density at radius 3 is 1.99 bits per heavy atom. The second kappa shape index (κ2) is 20.4. The molecule has 2 aliphatic heterocycles. The van der Waals surface area contributed by atoms with E-state index in [0.717, 1.165) is 33.9 Å². The van der Waals surface area contributed by atoms with Gasteiger partial charge in [-0.2, -0.15) is 5.26 Å². The molecule has 3 aliphatic rings. The van der Waals surface area contributed by atoms with Gasteiger partial charge < -0.3 is 33.2 Å². The third-order valence-corrected chi connectivity index (χ3v) is 20.1. The molecule has 14 heteroatoms. The van der Waals surface area contributed by atoms with Gasteiger partial charge in [-0.1, -0.05) is 131 Å². The van der Waals surface area contributed by atoms with Crippen molar-refractivity contribution in [2.24, 2.45) is 0 Å². The Kier molecular flexibility index (Phi) is 15.2. The van der Waals surface area contributed by atoms with Crippen LogP contribution in [0.15, 0.2) is 91.0 Å². The fraction of sp³-hybridized carbons (Fsp3) is 0.463. The predicted octanol–water partition coefficient (Wildman–Crippen LogP) is 11.1. The zero-order valence-electron chi connectivity index (χ0n) is 41.8. The summed E-state index contributed by atoms with van der Waals surface area (Å²) in [6.45, 7) is 20.9. The lowest BCUT2D eigenvalue weighted by Crippen LogP contribution is -2.73. The van der Waals surface area contributed by atoms with E-state index in [1.807, 2.05) is 72.5 Å². The average Bonchev–Trinajstić information content (AvgIpc) is 3.60. The number of nitrogens with zero attached hydrogens (tertiary/aromatic N) is 3. The van der Waals surface area contributed by atoms with Gasteiger partial charge in [0.2, 0.25) is 0 Å². The molecule has 2 heterocycles. The lowest BCUT2D eigenvalue weighted by Gasteiger charge is -2.59. The van der Waals surface area contributed by atoms with E-state index in [0.29, 0.717) is 22.4 Å². The molecule has 0 spiro atoms. The number of esters is 1. The van der Waals surface area contributed by atoms with Gasteiger partial charge >= 0.3 is 12.1 Å². The first-order valence-electron chi connectivity index (χ1n) is 23.6. The summed E-state index contributed by atoms with van der Waals surface area (Å²) in [7, 11) is -1.27. The molecular weight excluding hydrogens is 891 g/mol. The van der Waals surface area contributed by atoms with E-state index in [1.54, 1.807) is 7.11 Å². The number of aliphatic hydroxyl groups excluding tert-OH is 1. The summed E-state index contributed by atoms with van der Waals surface area (Å²) in [6.07, 6.45) is 1.05. The van der Waals surface area contributed by atoms with Crippen LogP contribution in [0.1, 0.15) is 85.6 Å². The summed E-state index contributed by atoms with van der Waals surface area (Å²) in [5.41, 5.74) is 6.79. The van der Waals surface area contributed by atoms with Crippen molar-refractivity contribution in [1.82, 2.24) is 9.80 Å². The number of piperazine rings is 1. The summed E-state index contributed by atoms with van der Waals surface area (Å²) >= 11 is 0. The fourth-order valence-electron chi connectivity index (χ4n) is 9.93. The molecule has 0 bridgehead atoms. The minimum Gasteiger partial charge on any atom is -0.496 e. The summed E-state index contributed by atoms with van der Waals surface area (Å²) in [6, 6.07) is 25.7. The zero-order valence-corrected chi connectivity index (χ0v) is 43.8. The van der Waals surface area contributed by atoms with Crippen LogP contribution in [-0.4, -0.2) is 95.1 Å². The Balaban J connectivity index is 1.43. The largest absolute Gasteiger partial charge is 0.496 e. The second-order valence-electron chi connectivity index (χ2n) is 20.9. The fourth-order valence-corrected chi connectivity index (χ4v) is 12.0. The molecule has 0 radical (unpaired) electrons. The van der Waals surface area contributed by atoms with Crippen molar-refractivity contribution in [3.8, 4) is 34.4 Å². The molecule has 4 aromatic carbocycles. The van der Waals surface area contributed by atoms with E-state index in [1.165, 1.54) is 18.9 Å². The minimum atomic E-state index is -2.81. The number of allylic oxidation sites excluding steroid dienone is 1. The molecule has 6 unspecified atom stereocenters. The first-order valence-corrected chi connectivity index (χ1v) is 30.3. The first kappa shape index (κ1) is 50.6. The van der Waals surface area contributed by atoms with Gasteiger partial charge in [0, 0.05) is 37.6 Å². The van der Waals surface area contributed by atoms with Gasteiger partial charge in [-0.3, -0.25) is 14.6 Å². The van der Waals surface area contributed by atoms with Crippen LogP contribution in [0.5, 0.6) is 17.2 Å². The van der Waals surface area contributed by atoms with Crippen molar-refractivity contribution in [3.05, 3.63) is 124 Å². The highest BCUT2D eigenvalue weighted by atomic mass is 28.4. The molecule has 68 heavy (non-hydrogen) atoms. The highest BCUT2D eigenvalue weighted by molar-refractivity contribution is 6.76. The second-order valence-corrected chi connectivity index (χ2v) is 31.2. The lowest BCUT2D eigenvalue weighted by atomic mass is 9.78. The van der Waals surface area contributed by atoms with Crippen LogP contribution in [0.2, 0.25) is 43.8 Å². The van der Waals surface area contributed by atoms with E-state index in [4.69, 9.17) is 28.1 Å². The maximum Gasteiger partial charge on any atom is 0.412 e. The van der Waals surface area contributed by atoms with Crippen molar-refractivity contribution >= 4 is 28.5 Å². The highest BCUT2D eigenvalue weighted by Gasteiger charge is 2.60. The Morgan fingerprint density at radius 2 is 1.43 bits per heavy atom. The van der Waals surface area contributed by atoms with Crippen LogP contribution in [0.4, 0.5) is 4.79 Å². The molecule has 1 fully saturated rings. The molecule has 7 rings (SSSR count). The van der Waals surface area contributed by atoms with Gasteiger partial charge in [-0.05, 0) is 65.3 Å². The molecule has 1 amide bonds. The normalized spacial score (nSPS) is 21.6. The number of nitriles is 1. The van der Waals surface area contributed by atoms with Crippen molar-refractivity contribution in [1.29, 1.82) is 5.26 Å². The summed E-state index contributed by atoms with van der Waals surface area (Å²) in [4.78, 5) is 31.7. The molecule has 0 aromatic heterocycles. The van der Waals surface area contributed by atoms with Gasteiger partial charge in [0.05, 0.1) is 57.7 Å². The Morgan fingerprint density at radius 1 is 0.824 bits per heavy atom. The van der Waals surface area contributed by atoms with Crippen LogP contribution in [-0.2, 0) is 25.3 Å². The molecular formula is C54H69N3O9Si2. The summed E-state index contributed by atoms with van der Waals surface area (Å²) < 4.78 is 39.1. The maximum absolute atomic E-state index is 15.2. The standard InChI is InChI=1S/C54H69N3O9Si2/c1-34-48(61-6)46-45(51(49(34)62-7)65-35(2)58)44(33-63-31-36-22-14-13-15-23-36)56-43(30-55)42(28-20-21-29-67(8,9)10)57(52(59)47(56)50(46)66-68(11,12)54(3,4)5)53(60)64-32-41-39-26-18-16-24-37(39)38-25-17-19-27-40(38)41/h13-27,41-44,47,50,52,59H,28-29,31-33H2,1-12H3/b21-20+. The highest BCUT2D eigenvalue weighted by Crippen LogP contribution is 2.59. The van der Waals surface area contributed by atoms with E-state index < -0.39 is 65.0 Å². The molecule has 362 valence electrons. The Bertz CT molecular complexity index is 2500. The molecule has 1 N–H and O–H groups in total. The average molecular weight is 960 g/mol. The van der Waals surface area contributed by atoms with Crippen LogP contribution in [0.3, 0.4) is 0 Å². The minimum absolute atomic E-state index is 0.0110. The molecule has 6 atom stereocenters. The summed E-state index contributed by atoms with van der Waals surface area (Å²) in [5, 5.41) is 24.7. The third-order valence-electron chi connectivity index (χ3n) is 14.2. The molecule has 1 saturated heterocycles. The third kappa shape index (κ3) is 9.93. The number of hydrogen-bond acceptors (Lipinski definition) is 11. The van der Waals surface area contributed by atoms with Crippen molar-refractivity contribution < 1.29 is 42.8 Å². The Labute approximate surface area is 404 Å². The number of fused-ring (bicyclic) bond motifs is 5. The van der Waals surface area contributed by atoms with E-state index in [9.17, 15) is 15.2 Å². The number of rotatable bonds is 15. The van der Waals surface area contributed by atoms with Crippen molar-refractivity contribution in [3.63, 3.8) is 0 Å². The molecule has 1 aliphatic carbocycles. The monoisotopic (exact) mass is 959 g/mol. The number of ether oxygens (including phenoxy) is 5. The number of carbonyl (C=O) groups excluding carboxylic acids is 2. The van der Waals surface area contributed by atoms with E-state index in [-0.39, 0.29) is 48.7 Å². The van der Waals surface area contributed by atoms with Gasteiger partial charge in [-0.25, -0.2) is 4.79 Å². The van der Waals surface area contributed by atoms with Crippen LogP contribution < -0.4 is 14.2 Å². The van der Waals surface area contributed by atoms with E-state index in [2.05, 4.69) is 89.9 Å². The maximum atomic E-state index is 15.2. The topological polar surface area (TPSA) is 140 Å². The number of carbonyl (C=O) groups is 2. The first-order chi connectivity index (χ1) is 32.2. The lowest BCUT2D eigenvalue weighted by molar-refractivity contribution is -0.179. The number of aliphatic hydroxyl groups is 1. The van der Waals surface area contributed by atoms with Crippen LogP contribution >= 0.6 is 0 Å². The van der Waals surface area contributed by atoms with Crippen molar-refractivity contribution in [2.45, 2.75) is 134 Å². The van der Waals surface area contributed by atoms with Gasteiger partial charge in [0.15, 0.2) is 26.0 Å². The SMILES string of the molecule is COc1c(C)c(OC)c2c(c1OC(C)=O)C(COCc1ccccc1)N1C(C#N)C(C/C=C/C[Si](C)(C)C)N(C(=O)OCC3c4ccccc4-c4ccccc43)C(O)C1C2O[Si](C)(C)C(C)(C)C. The molecule has 12 nitrogen and oxygen atoms in total. The number of hydrogen-bond donors (Lipinski definition) is 1. The van der Waals surface area contributed by atoms with Gasteiger partial charge in [0.25, 0.3) is 0 Å². The zero-order chi connectivity index (χ0) is 49.3. The van der Waals surface area contributed by atoms with Crippen LogP contribution in [0.25, 0.3) is 11.1 Å². The quantitative estimate of drug-likeness (QED) is 0.0527. The Hall–Kier alpha value is -5.28. The van der Waals surface area contributed by atoms with Gasteiger partial charge in [0.1, 0.15) is 18.4 Å². The number of amides is 1. The van der Waals surface area contributed by atoms with E-state index >= 15 is 4.79 Å². The van der Waals surface area contributed by atoms with Crippen molar-refractivity contribution in [2.75, 3.05) is 27.4 Å². The number of methoxy groups -OCH3 is 2. The number of benzene rings is 4.